The fourth-order valence-electron chi connectivity index (χ4n) is 3.44. The van der Waals surface area contributed by atoms with Crippen LogP contribution in [-0.2, 0) is 0 Å². The summed E-state index contributed by atoms with van der Waals surface area (Å²) < 4.78 is 3.64. The highest BCUT2D eigenvalue weighted by molar-refractivity contribution is 5.82. The molecular formula is C22H15N5O3. The minimum Gasteiger partial charge on any atom is -0.258 e. The molecule has 0 aliphatic rings. The van der Waals surface area contributed by atoms with Crippen LogP contribution < -0.4 is 17.1 Å². The van der Waals surface area contributed by atoms with Crippen LogP contribution in [0.4, 0.5) is 0 Å². The molecule has 0 aliphatic heterocycles. The molecule has 0 saturated heterocycles. The maximum Gasteiger partial charge on any atom is 0.345 e. The number of H-pyrrole nitrogens is 1. The quantitative estimate of drug-likeness (QED) is 0.504. The summed E-state index contributed by atoms with van der Waals surface area (Å²) in [6.45, 7) is 0. The molecule has 2 aromatic heterocycles. The molecule has 2 heterocycles. The van der Waals surface area contributed by atoms with Crippen LogP contribution >= 0.6 is 0 Å². The Kier molecular flexibility index (Phi) is 4.03. The van der Waals surface area contributed by atoms with Crippen molar-refractivity contribution >= 4 is 10.9 Å². The fourth-order valence-corrected chi connectivity index (χ4v) is 3.44. The normalized spacial score (nSPS) is 11.1. The predicted molar refractivity (Wildman–Crippen MR) is 113 cm³/mol. The molecule has 0 fully saturated rings. The van der Waals surface area contributed by atoms with Crippen molar-refractivity contribution in [2.75, 3.05) is 0 Å². The van der Waals surface area contributed by atoms with Gasteiger partial charge in [0.15, 0.2) is 0 Å². The van der Waals surface area contributed by atoms with Crippen LogP contribution in [0.1, 0.15) is 0 Å². The number of nitrogens with zero attached hydrogens (tertiary/aromatic N) is 4. The lowest BCUT2D eigenvalue weighted by molar-refractivity contribution is 0.715. The molecule has 5 aromatic rings. The van der Waals surface area contributed by atoms with Gasteiger partial charge in [-0.25, -0.2) is 28.2 Å². The lowest BCUT2D eigenvalue weighted by Gasteiger charge is -2.09. The lowest BCUT2D eigenvalue weighted by Crippen LogP contribution is -2.47. The molecule has 0 unspecified atom stereocenters. The Labute approximate surface area is 168 Å². The zero-order valence-corrected chi connectivity index (χ0v) is 15.6. The molecule has 0 bridgehead atoms. The molecule has 8 heteroatoms. The minimum atomic E-state index is -0.799. The molecule has 146 valence electrons. The van der Waals surface area contributed by atoms with Gasteiger partial charge in [0, 0.05) is 5.39 Å². The zero-order chi connectivity index (χ0) is 20.7. The Hall–Kier alpha value is -4.46. The Balaban J connectivity index is 1.71. The van der Waals surface area contributed by atoms with Crippen LogP contribution in [0.2, 0.25) is 0 Å². The SMILES string of the molecule is O=c1[nH]c(=O)n(-c2ccc3c(cnn3-c3ccccc3)c2)c(=O)n1-c1ccccc1. The average Bonchev–Trinajstić information content (AvgIpc) is 3.18. The van der Waals surface area contributed by atoms with Crippen LogP contribution in [0.15, 0.2) is 99.4 Å². The van der Waals surface area contributed by atoms with Crippen molar-refractivity contribution in [2.45, 2.75) is 0 Å². The molecule has 0 atom stereocenters. The number of nitrogens with one attached hydrogen (secondary N) is 1. The van der Waals surface area contributed by atoms with Gasteiger partial charge in [-0.15, -0.1) is 0 Å². The van der Waals surface area contributed by atoms with Gasteiger partial charge in [-0.2, -0.15) is 5.10 Å². The number of hydrogen-bond donors (Lipinski definition) is 1. The second-order valence-corrected chi connectivity index (χ2v) is 6.66. The van der Waals surface area contributed by atoms with Crippen molar-refractivity contribution in [3.05, 3.63) is 117 Å². The average molecular weight is 397 g/mol. The molecule has 0 spiro atoms. The van der Waals surface area contributed by atoms with Crippen LogP contribution in [0.3, 0.4) is 0 Å². The number of aromatic amines is 1. The largest absolute Gasteiger partial charge is 0.345 e. The van der Waals surface area contributed by atoms with E-state index in [1.165, 1.54) is 0 Å². The van der Waals surface area contributed by atoms with E-state index in [-0.39, 0.29) is 0 Å². The zero-order valence-electron chi connectivity index (χ0n) is 15.6. The third-order valence-corrected chi connectivity index (χ3v) is 4.83. The van der Waals surface area contributed by atoms with Crippen molar-refractivity contribution in [1.82, 2.24) is 23.9 Å². The Morgan fingerprint density at radius 2 is 1.27 bits per heavy atom. The van der Waals surface area contributed by atoms with E-state index in [2.05, 4.69) is 10.1 Å². The van der Waals surface area contributed by atoms with Crippen molar-refractivity contribution in [1.29, 1.82) is 0 Å². The Morgan fingerprint density at radius 3 is 1.93 bits per heavy atom. The molecule has 8 nitrogen and oxygen atoms in total. The predicted octanol–water partition coefficient (Wildman–Crippen LogP) is 2.02. The molecule has 0 radical (unpaired) electrons. The van der Waals surface area contributed by atoms with Gasteiger partial charge in [0.1, 0.15) is 0 Å². The van der Waals surface area contributed by atoms with Crippen LogP contribution in [0, 0.1) is 0 Å². The summed E-state index contributed by atoms with van der Waals surface area (Å²) in [5.74, 6) is 0. The number of para-hydroxylation sites is 2. The van der Waals surface area contributed by atoms with E-state index in [9.17, 15) is 14.4 Å². The summed E-state index contributed by atoms with van der Waals surface area (Å²) in [5.41, 5.74) is 0.0994. The summed E-state index contributed by atoms with van der Waals surface area (Å²) in [6, 6.07) is 23.2. The maximum atomic E-state index is 13.1. The standard InChI is InChI=1S/C22H15N5O3/c28-20-24-21(29)26(22(30)25(20)16-7-3-1-4-8-16)18-11-12-19-15(13-18)14-23-27(19)17-9-5-2-6-10-17/h1-14H,(H,24,28,29). The van der Waals surface area contributed by atoms with Crippen molar-refractivity contribution in [2.24, 2.45) is 0 Å². The Bertz CT molecular complexity index is 1540. The molecular weight excluding hydrogens is 382 g/mol. The van der Waals surface area contributed by atoms with Gasteiger partial charge in [-0.05, 0) is 42.5 Å². The van der Waals surface area contributed by atoms with E-state index in [1.54, 1.807) is 59.4 Å². The summed E-state index contributed by atoms with van der Waals surface area (Å²) >= 11 is 0. The lowest BCUT2D eigenvalue weighted by atomic mass is 10.2. The van der Waals surface area contributed by atoms with E-state index >= 15 is 0 Å². The van der Waals surface area contributed by atoms with Gasteiger partial charge in [-0.1, -0.05) is 36.4 Å². The van der Waals surface area contributed by atoms with Gasteiger partial charge in [0.2, 0.25) is 0 Å². The first-order valence-corrected chi connectivity index (χ1v) is 9.21. The second kappa shape index (κ2) is 6.85. The number of aromatic nitrogens is 5. The molecule has 0 saturated carbocycles. The highest BCUT2D eigenvalue weighted by Crippen LogP contribution is 2.20. The van der Waals surface area contributed by atoms with E-state index in [1.807, 2.05) is 30.3 Å². The van der Waals surface area contributed by atoms with E-state index in [4.69, 9.17) is 0 Å². The van der Waals surface area contributed by atoms with E-state index in [0.717, 1.165) is 25.7 Å². The summed E-state index contributed by atoms with van der Waals surface area (Å²) in [6.07, 6.45) is 1.66. The number of hydrogen-bond acceptors (Lipinski definition) is 4. The van der Waals surface area contributed by atoms with Crippen molar-refractivity contribution in [3.8, 4) is 17.1 Å². The second-order valence-electron chi connectivity index (χ2n) is 6.66. The summed E-state index contributed by atoms with van der Waals surface area (Å²) in [4.78, 5) is 40.1. The molecule has 0 aliphatic carbocycles. The fraction of sp³-hybridized carbons (Fsp3) is 0. The van der Waals surface area contributed by atoms with E-state index < -0.39 is 17.1 Å². The third-order valence-electron chi connectivity index (χ3n) is 4.83. The smallest absolute Gasteiger partial charge is 0.258 e. The highest BCUT2D eigenvalue weighted by atomic mass is 16.2. The Morgan fingerprint density at radius 1 is 0.667 bits per heavy atom. The first-order chi connectivity index (χ1) is 14.6. The van der Waals surface area contributed by atoms with Gasteiger partial charge < -0.3 is 0 Å². The highest BCUT2D eigenvalue weighted by Gasteiger charge is 2.14. The van der Waals surface area contributed by atoms with Crippen molar-refractivity contribution in [3.63, 3.8) is 0 Å². The third kappa shape index (κ3) is 2.78. The summed E-state index contributed by atoms with van der Waals surface area (Å²) in [5, 5.41) is 5.16. The van der Waals surface area contributed by atoms with Gasteiger partial charge >= 0.3 is 17.1 Å². The van der Waals surface area contributed by atoms with Crippen LogP contribution in [-0.4, -0.2) is 23.9 Å². The molecule has 5 rings (SSSR count). The number of fused-ring (bicyclic) bond motifs is 1. The monoisotopic (exact) mass is 397 g/mol. The first-order valence-electron chi connectivity index (χ1n) is 9.21. The topological polar surface area (TPSA) is 94.7 Å². The minimum absolute atomic E-state index is 0.339. The van der Waals surface area contributed by atoms with Crippen LogP contribution in [0.5, 0.6) is 0 Å². The van der Waals surface area contributed by atoms with Gasteiger partial charge in [-0.3, -0.25) is 4.98 Å². The van der Waals surface area contributed by atoms with Crippen molar-refractivity contribution < 1.29 is 0 Å². The van der Waals surface area contributed by atoms with E-state index in [0.29, 0.717) is 11.4 Å². The molecule has 30 heavy (non-hydrogen) atoms. The summed E-state index contributed by atoms with van der Waals surface area (Å²) in [7, 11) is 0. The maximum absolute atomic E-state index is 13.1. The number of rotatable bonds is 3. The van der Waals surface area contributed by atoms with Crippen LogP contribution in [0.25, 0.3) is 28.0 Å². The molecule has 1 N–H and O–H groups in total. The van der Waals surface area contributed by atoms with Gasteiger partial charge in [0.05, 0.1) is 28.8 Å². The first kappa shape index (κ1) is 17.6. The molecule has 3 aromatic carbocycles. The number of benzene rings is 3. The molecule has 0 amide bonds. The van der Waals surface area contributed by atoms with Gasteiger partial charge in [0.25, 0.3) is 0 Å².